The zero-order valence-corrected chi connectivity index (χ0v) is 17.4. The molecule has 0 aromatic heterocycles. The maximum Gasteiger partial charge on any atom is 0.303 e. The quantitative estimate of drug-likeness (QED) is 0.593. The summed E-state index contributed by atoms with van der Waals surface area (Å²) in [6, 6.07) is 14.9. The van der Waals surface area contributed by atoms with E-state index >= 15 is 0 Å². The van der Waals surface area contributed by atoms with Crippen molar-refractivity contribution in [2.45, 2.75) is 57.5 Å². The summed E-state index contributed by atoms with van der Waals surface area (Å²) < 4.78 is 6.58. The van der Waals surface area contributed by atoms with E-state index in [1.807, 2.05) is 0 Å². The lowest BCUT2D eigenvalue weighted by molar-refractivity contribution is -0.138. The second-order valence-corrected chi connectivity index (χ2v) is 9.23. The molecule has 0 saturated heterocycles. The molecule has 30 heavy (non-hydrogen) atoms. The molecule has 0 amide bonds. The van der Waals surface area contributed by atoms with Crippen LogP contribution in [0.5, 0.6) is 0 Å². The number of hydrogen-bond donors (Lipinski definition) is 1. The third-order valence-electron chi connectivity index (χ3n) is 7.25. The van der Waals surface area contributed by atoms with Gasteiger partial charge >= 0.3 is 5.97 Å². The third-order valence-corrected chi connectivity index (χ3v) is 7.25. The average molecular weight is 403 g/mol. The monoisotopic (exact) mass is 402 g/mol. The first-order valence-corrected chi connectivity index (χ1v) is 11.5. The van der Waals surface area contributed by atoms with Crippen molar-refractivity contribution in [3.05, 3.63) is 65.9 Å². The van der Waals surface area contributed by atoms with Gasteiger partial charge in [-0.05, 0) is 84.8 Å². The molecule has 3 aliphatic carbocycles. The fraction of sp³-hybridized carbons (Fsp3) is 0.444. The second-order valence-electron chi connectivity index (χ2n) is 9.23. The number of allylic oxidation sites excluding steroid dienone is 3. The normalized spacial score (nSPS) is 24.9. The second kappa shape index (κ2) is 8.29. The molecule has 0 radical (unpaired) electrons. The standard InChI is InChI=1S/C27H30O3/c28-27(29)16-22-15-25(21-13-12-18-6-1-2-7-20(18)14-21)26(30-23-10-3-4-11-23)17-24(22)19-8-5-9-19/h1-2,6-7,12-15,17,19,22-24H,3-5,8-11,16H2,(H,28,29). The van der Waals surface area contributed by atoms with E-state index in [4.69, 9.17) is 4.74 Å². The average Bonchev–Trinajstić information content (AvgIpc) is 3.21. The zero-order valence-electron chi connectivity index (χ0n) is 17.4. The lowest BCUT2D eigenvalue weighted by Crippen LogP contribution is -2.30. The molecular weight excluding hydrogens is 372 g/mol. The molecule has 2 unspecified atom stereocenters. The SMILES string of the molecule is O=C(O)CC1C=C(c2ccc3ccccc3c2)C(OC2CCCC2)=CC1C1CCC1. The van der Waals surface area contributed by atoms with Crippen molar-refractivity contribution in [1.82, 2.24) is 0 Å². The van der Waals surface area contributed by atoms with Crippen LogP contribution in [0.1, 0.15) is 56.9 Å². The van der Waals surface area contributed by atoms with Crippen LogP contribution in [-0.2, 0) is 9.53 Å². The Kier molecular flexibility index (Phi) is 5.37. The smallest absolute Gasteiger partial charge is 0.303 e. The predicted octanol–water partition coefficient (Wildman–Crippen LogP) is 6.59. The minimum Gasteiger partial charge on any atom is -0.490 e. The molecule has 156 valence electrons. The van der Waals surface area contributed by atoms with Crippen molar-refractivity contribution >= 4 is 22.3 Å². The van der Waals surface area contributed by atoms with Crippen molar-refractivity contribution in [3.8, 4) is 0 Å². The highest BCUT2D eigenvalue weighted by Crippen LogP contribution is 2.46. The van der Waals surface area contributed by atoms with E-state index in [0.717, 1.165) is 29.7 Å². The Balaban J connectivity index is 1.54. The number of fused-ring (bicyclic) bond motifs is 1. The van der Waals surface area contributed by atoms with E-state index in [1.54, 1.807) is 0 Å². The highest BCUT2D eigenvalue weighted by Gasteiger charge is 2.36. The van der Waals surface area contributed by atoms with Gasteiger partial charge in [0.05, 0.1) is 12.5 Å². The fourth-order valence-corrected chi connectivity index (χ4v) is 5.39. The van der Waals surface area contributed by atoms with Crippen LogP contribution in [0.15, 0.2) is 60.4 Å². The van der Waals surface area contributed by atoms with Crippen LogP contribution in [0.3, 0.4) is 0 Å². The fourth-order valence-electron chi connectivity index (χ4n) is 5.39. The van der Waals surface area contributed by atoms with Gasteiger partial charge in [0.1, 0.15) is 5.76 Å². The number of ether oxygens (including phenoxy) is 1. The van der Waals surface area contributed by atoms with E-state index < -0.39 is 5.97 Å². The molecule has 2 atom stereocenters. The summed E-state index contributed by atoms with van der Waals surface area (Å²) in [5.41, 5.74) is 2.20. The van der Waals surface area contributed by atoms with Crippen LogP contribution in [-0.4, -0.2) is 17.2 Å². The van der Waals surface area contributed by atoms with Gasteiger partial charge in [0, 0.05) is 5.57 Å². The van der Waals surface area contributed by atoms with Crippen LogP contribution in [0.4, 0.5) is 0 Å². The van der Waals surface area contributed by atoms with Gasteiger partial charge in [-0.3, -0.25) is 4.79 Å². The number of carboxylic acids is 1. The van der Waals surface area contributed by atoms with Gasteiger partial charge in [-0.2, -0.15) is 0 Å². The van der Waals surface area contributed by atoms with E-state index in [2.05, 4.69) is 54.6 Å². The van der Waals surface area contributed by atoms with Crippen molar-refractivity contribution in [2.24, 2.45) is 17.8 Å². The number of carboxylic acid groups (broad SMARTS) is 1. The summed E-state index contributed by atoms with van der Waals surface area (Å²) in [4.78, 5) is 11.6. The van der Waals surface area contributed by atoms with Gasteiger partial charge in [0.2, 0.25) is 0 Å². The maximum atomic E-state index is 11.6. The molecule has 0 spiro atoms. The molecule has 2 saturated carbocycles. The van der Waals surface area contributed by atoms with Crippen molar-refractivity contribution < 1.29 is 14.6 Å². The van der Waals surface area contributed by atoms with Gasteiger partial charge < -0.3 is 9.84 Å². The Morgan fingerprint density at radius 2 is 1.70 bits per heavy atom. The van der Waals surface area contributed by atoms with Gasteiger partial charge in [0.15, 0.2) is 0 Å². The zero-order chi connectivity index (χ0) is 20.5. The summed E-state index contributed by atoms with van der Waals surface area (Å²) in [6.45, 7) is 0. The summed E-state index contributed by atoms with van der Waals surface area (Å²) >= 11 is 0. The minimum absolute atomic E-state index is 0.0326. The van der Waals surface area contributed by atoms with Crippen LogP contribution >= 0.6 is 0 Å². The summed E-state index contributed by atoms with van der Waals surface area (Å²) in [5.74, 6) is 1.16. The molecule has 0 aliphatic heterocycles. The Labute approximate surface area is 178 Å². The summed E-state index contributed by atoms with van der Waals surface area (Å²) in [6.07, 6.45) is 13.4. The Bertz CT molecular complexity index is 992. The molecular formula is C27H30O3. The largest absolute Gasteiger partial charge is 0.490 e. The highest BCUT2D eigenvalue weighted by molar-refractivity contribution is 5.89. The van der Waals surface area contributed by atoms with Gasteiger partial charge in [-0.25, -0.2) is 0 Å². The number of benzene rings is 2. The molecule has 1 N–H and O–H groups in total. The minimum atomic E-state index is -0.716. The van der Waals surface area contributed by atoms with Gasteiger partial charge in [0.25, 0.3) is 0 Å². The predicted molar refractivity (Wildman–Crippen MR) is 120 cm³/mol. The topological polar surface area (TPSA) is 46.5 Å². The summed E-state index contributed by atoms with van der Waals surface area (Å²) in [7, 11) is 0. The first kappa shape index (κ1) is 19.4. The molecule has 2 aromatic carbocycles. The molecule has 5 rings (SSSR count). The van der Waals surface area contributed by atoms with Crippen molar-refractivity contribution in [2.75, 3.05) is 0 Å². The Hall–Kier alpha value is -2.55. The number of carbonyl (C=O) groups is 1. The molecule has 3 nitrogen and oxygen atoms in total. The number of rotatable bonds is 6. The molecule has 3 heteroatoms. The highest BCUT2D eigenvalue weighted by atomic mass is 16.5. The molecule has 3 aliphatic rings. The van der Waals surface area contributed by atoms with E-state index in [9.17, 15) is 9.90 Å². The number of hydrogen-bond acceptors (Lipinski definition) is 2. The molecule has 2 fully saturated rings. The molecule has 0 bridgehead atoms. The van der Waals surface area contributed by atoms with Gasteiger partial charge in [-0.1, -0.05) is 48.9 Å². The van der Waals surface area contributed by atoms with Crippen LogP contribution in [0, 0.1) is 17.8 Å². The Morgan fingerprint density at radius 3 is 2.40 bits per heavy atom. The first-order chi connectivity index (χ1) is 14.7. The maximum absolute atomic E-state index is 11.6. The lowest BCUT2D eigenvalue weighted by Gasteiger charge is -2.39. The van der Waals surface area contributed by atoms with Crippen molar-refractivity contribution in [3.63, 3.8) is 0 Å². The summed E-state index contributed by atoms with van der Waals surface area (Å²) in [5, 5.41) is 12.0. The van der Waals surface area contributed by atoms with Gasteiger partial charge in [-0.15, -0.1) is 0 Å². The number of aliphatic carboxylic acids is 1. The third kappa shape index (κ3) is 3.90. The lowest BCUT2D eigenvalue weighted by atomic mass is 9.67. The van der Waals surface area contributed by atoms with Crippen LogP contribution in [0.2, 0.25) is 0 Å². The Morgan fingerprint density at radius 1 is 0.933 bits per heavy atom. The van der Waals surface area contributed by atoms with E-state index in [1.165, 1.54) is 42.9 Å². The van der Waals surface area contributed by atoms with Crippen molar-refractivity contribution in [1.29, 1.82) is 0 Å². The molecule has 2 aromatic rings. The van der Waals surface area contributed by atoms with E-state index in [-0.39, 0.29) is 24.4 Å². The van der Waals surface area contributed by atoms with Crippen LogP contribution in [0.25, 0.3) is 16.3 Å². The molecule has 0 heterocycles. The first-order valence-electron chi connectivity index (χ1n) is 11.5. The van der Waals surface area contributed by atoms with Crippen LogP contribution < -0.4 is 0 Å². The van der Waals surface area contributed by atoms with E-state index in [0.29, 0.717) is 5.92 Å².